The van der Waals surface area contributed by atoms with E-state index in [1.54, 1.807) is 0 Å². The zero-order valence-corrected chi connectivity index (χ0v) is 13.8. The molecule has 5 nitrogen and oxygen atoms in total. The number of amides is 2. The Morgan fingerprint density at radius 3 is 2.33 bits per heavy atom. The van der Waals surface area contributed by atoms with E-state index in [-0.39, 0.29) is 24.3 Å². The lowest BCUT2D eigenvalue weighted by atomic mass is 10.0. The topological polar surface area (TPSA) is 84.2 Å². The molecule has 2 rings (SSSR count). The van der Waals surface area contributed by atoms with Crippen molar-refractivity contribution < 1.29 is 9.59 Å². The van der Waals surface area contributed by atoms with E-state index in [9.17, 15) is 9.59 Å². The minimum atomic E-state index is -0.319. The summed E-state index contributed by atoms with van der Waals surface area (Å²) in [5, 5.41) is 5.73. The largest absolute Gasteiger partial charge is 0.399 e. The van der Waals surface area contributed by atoms with Gasteiger partial charge in [-0.1, -0.05) is 42.5 Å². The van der Waals surface area contributed by atoms with Crippen LogP contribution < -0.4 is 16.4 Å². The van der Waals surface area contributed by atoms with E-state index in [4.69, 9.17) is 5.73 Å². The van der Waals surface area contributed by atoms with Gasteiger partial charge >= 0.3 is 0 Å². The van der Waals surface area contributed by atoms with E-state index in [1.165, 1.54) is 6.92 Å². The lowest BCUT2D eigenvalue weighted by molar-refractivity contribution is -0.122. The summed E-state index contributed by atoms with van der Waals surface area (Å²) in [5.74, 6) is -0.244. The third kappa shape index (κ3) is 5.76. The van der Waals surface area contributed by atoms with Crippen molar-refractivity contribution in [1.29, 1.82) is 0 Å². The molecule has 24 heavy (non-hydrogen) atoms. The van der Waals surface area contributed by atoms with Gasteiger partial charge in [-0.25, -0.2) is 0 Å². The van der Waals surface area contributed by atoms with Gasteiger partial charge in [0.2, 0.25) is 11.8 Å². The maximum Gasteiger partial charge on any atom is 0.222 e. The molecule has 1 atom stereocenters. The monoisotopic (exact) mass is 325 g/mol. The molecule has 0 aliphatic heterocycles. The Kier molecular flexibility index (Phi) is 6.37. The van der Waals surface area contributed by atoms with Crippen LogP contribution in [-0.4, -0.2) is 18.4 Å². The fourth-order valence-electron chi connectivity index (χ4n) is 2.47. The van der Waals surface area contributed by atoms with Crippen LogP contribution in [0.1, 0.15) is 30.5 Å². The van der Waals surface area contributed by atoms with E-state index < -0.39 is 0 Å². The van der Waals surface area contributed by atoms with Crippen LogP contribution in [0.4, 0.5) is 5.69 Å². The zero-order valence-electron chi connectivity index (χ0n) is 13.8. The molecule has 0 radical (unpaired) electrons. The number of nitrogens with one attached hydrogen (secondary N) is 2. The zero-order chi connectivity index (χ0) is 17.4. The van der Waals surface area contributed by atoms with Crippen molar-refractivity contribution in [3.8, 4) is 0 Å². The van der Waals surface area contributed by atoms with Crippen molar-refractivity contribution in [2.45, 2.75) is 25.8 Å². The molecule has 0 aliphatic rings. The quantitative estimate of drug-likeness (QED) is 0.682. The molecular weight excluding hydrogens is 302 g/mol. The molecule has 0 aliphatic carbocycles. The molecule has 0 saturated heterocycles. The van der Waals surface area contributed by atoms with Crippen LogP contribution in [0, 0.1) is 0 Å². The minimum Gasteiger partial charge on any atom is -0.399 e. The molecule has 0 spiro atoms. The summed E-state index contributed by atoms with van der Waals surface area (Å²) < 4.78 is 0. The van der Waals surface area contributed by atoms with Gasteiger partial charge in [0.15, 0.2) is 0 Å². The van der Waals surface area contributed by atoms with Crippen molar-refractivity contribution >= 4 is 17.5 Å². The highest BCUT2D eigenvalue weighted by Crippen LogP contribution is 2.16. The second-order valence-corrected chi connectivity index (χ2v) is 5.71. The van der Waals surface area contributed by atoms with Gasteiger partial charge in [-0.2, -0.15) is 0 Å². The molecular formula is C19H23N3O2. The van der Waals surface area contributed by atoms with Gasteiger partial charge in [0.1, 0.15) is 0 Å². The molecule has 0 heterocycles. The van der Waals surface area contributed by atoms with Crippen molar-refractivity contribution in [3.05, 3.63) is 65.7 Å². The predicted molar refractivity (Wildman–Crippen MR) is 95.2 cm³/mol. The third-order valence-electron chi connectivity index (χ3n) is 3.68. The van der Waals surface area contributed by atoms with Gasteiger partial charge in [0.25, 0.3) is 0 Å². The first kappa shape index (κ1) is 17.5. The van der Waals surface area contributed by atoms with Gasteiger partial charge in [-0.3, -0.25) is 9.59 Å². The van der Waals surface area contributed by atoms with Gasteiger partial charge in [-0.05, 0) is 29.7 Å². The first-order valence-corrected chi connectivity index (χ1v) is 7.98. The Bertz CT molecular complexity index is 669. The number of rotatable bonds is 7. The fraction of sp³-hybridized carbons (Fsp3) is 0.263. The summed E-state index contributed by atoms with van der Waals surface area (Å²) in [6, 6.07) is 16.8. The Hall–Kier alpha value is -2.82. The number of carbonyl (C=O) groups is 2. The molecule has 5 heteroatoms. The van der Waals surface area contributed by atoms with E-state index in [0.717, 1.165) is 23.2 Å². The molecule has 4 N–H and O–H groups in total. The number of hydrogen-bond donors (Lipinski definition) is 3. The smallest absolute Gasteiger partial charge is 0.222 e. The van der Waals surface area contributed by atoms with E-state index in [1.807, 2.05) is 54.6 Å². The number of nitrogens with two attached hydrogens (primary N) is 1. The molecule has 0 aromatic heterocycles. The fourth-order valence-corrected chi connectivity index (χ4v) is 2.47. The molecule has 1 unspecified atom stereocenters. The number of benzene rings is 2. The molecule has 2 amide bonds. The number of hydrogen-bond acceptors (Lipinski definition) is 3. The van der Waals surface area contributed by atoms with E-state index in [2.05, 4.69) is 10.6 Å². The SMILES string of the molecule is CC(=O)NC(CC(=O)NCCc1ccc(N)cc1)c1ccccc1. The van der Waals surface area contributed by atoms with Crippen molar-refractivity contribution in [2.24, 2.45) is 0 Å². The summed E-state index contributed by atoms with van der Waals surface area (Å²) in [4.78, 5) is 23.6. The Morgan fingerprint density at radius 2 is 1.71 bits per heavy atom. The third-order valence-corrected chi connectivity index (χ3v) is 3.68. The van der Waals surface area contributed by atoms with Crippen molar-refractivity contribution in [3.63, 3.8) is 0 Å². The lowest BCUT2D eigenvalue weighted by Crippen LogP contribution is -2.33. The summed E-state index contributed by atoms with van der Waals surface area (Å²) in [6.45, 7) is 2.00. The van der Waals surface area contributed by atoms with Crippen LogP contribution in [-0.2, 0) is 16.0 Å². The number of nitrogen functional groups attached to an aromatic ring is 1. The average Bonchev–Trinajstić information content (AvgIpc) is 2.56. The van der Waals surface area contributed by atoms with Crippen molar-refractivity contribution in [1.82, 2.24) is 10.6 Å². The summed E-state index contributed by atoms with van der Waals surface area (Å²) in [6.07, 6.45) is 0.952. The molecule has 0 bridgehead atoms. The first-order chi connectivity index (χ1) is 11.5. The highest BCUT2D eigenvalue weighted by Gasteiger charge is 2.16. The van der Waals surface area contributed by atoms with E-state index in [0.29, 0.717) is 6.54 Å². The van der Waals surface area contributed by atoms with Crippen LogP contribution in [0.25, 0.3) is 0 Å². The Morgan fingerprint density at radius 1 is 1.04 bits per heavy atom. The molecule has 0 saturated carbocycles. The standard InChI is InChI=1S/C19H23N3O2/c1-14(23)22-18(16-5-3-2-4-6-16)13-19(24)21-12-11-15-7-9-17(20)10-8-15/h2-10,18H,11-13,20H2,1H3,(H,21,24)(H,22,23). The normalized spacial score (nSPS) is 11.5. The highest BCUT2D eigenvalue weighted by molar-refractivity contribution is 5.79. The number of carbonyl (C=O) groups excluding carboxylic acids is 2. The number of anilines is 1. The highest BCUT2D eigenvalue weighted by atomic mass is 16.2. The summed E-state index contributed by atoms with van der Waals surface area (Å²) in [5.41, 5.74) is 8.41. The van der Waals surface area contributed by atoms with Crippen LogP contribution in [0.2, 0.25) is 0 Å². The minimum absolute atomic E-state index is 0.0898. The average molecular weight is 325 g/mol. The van der Waals surface area contributed by atoms with Crippen molar-refractivity contribution in [2.75, 3.05) is 12.3 Å². The summed E-state index contributed by atoms with van der Waals surface area (Å²) in [7, 11) is 0. The van der Waals surface area contributed by atoms with Gasteiger partial charge in [0.05, 0.1) is 12.5 Å². The summed E-state index contributed by atoms with van der Waals surface area (Å²) >= 11 is 0. The molecule has 2 aromatic carbocycles. The van der Waals surface area contributed by atoms with E-state index >= 15 is 0 Å². The maximum absolute atomic E-state index is 12.2. The van der Waals surface area contributed by atoms with Crippen LogP contribution in [0.3, 0.4) is 0 Å². The lowest BCUT2D eigenvalue weighted by Gasteiger charge is -2.18. The van der Waals surface area contributed by atoms with Gasteiger partial charge < -0.3 is 16.4 Å². The second-order valence-electron chi connectivity index (χ2n) is 5.71. The van der Waals surface area contributed by atoms with Gasteiger partial charge in [0, 0.05) is 19.2 Å². The predicted octanol–water partition coefficient (Wildman–Crippen LogP) is 2.19. The van der Waals surface area contributed by atoms with Crippen LogP contribution in [0.15, 0.2) is 54.6 Å². The maximum atomic E-state index is 12.2. The Balaban J connectivity index is 1.86. The van der Waals surface area contributed by atoms with Crippen LogP contribution >= 0.6 is 0 Å². The molecule has 2 aromatic rings. The van der Waals surface area contributed by atoms with Gasteiger partial charge in [-0.15, -0.1) is 0 Å². The first-order valence-electron chi connectivity index (χ1n) is 7.98. The second kappa shape index (κ2) is 8.72. The van der Waals surface area contributed by atoms with Crippen LogP contribution in [0.5, 0.6) is 0 Å². The molecule has 126 valence electrons. The molecule has 0 fully saturated rings. The Labute approximate surface area is 142 Å².